The maximum atomic E-state index is 11.8. The molecule has 0 heterocycles. The molecule has 0 aliphatic carbocycles. The number of hydrogen-bond acceptors (Lipinski definition) is 2. The summed E-state index contributed by atoms with van der Waals surface area (Å²) in [6.45, 7) is 4.56. The molecular weight excluding hydrogens is 256 g/mol. The van der Waals surface area contributed by atoms with Gasteiger partial charge in [0.1, 0.15) is 5.75 Å². The van der Waals surface area contributed by atoms with Crippen LogP contribution in [0.25, 0.3) is 0 Å². The molecule has 15 heavy (non-hydrogen) atoms. The zero-order valence-corrected chi connectivity index (χ0v) is 10.6. The second-order valence-electron chi connectivity index (χ2n) is 3.20. The molecule has 0 radical (unpaired) electrons. The Bertz CT molecular complexity index is 319. The van der Waals surface area contributed by atoms with Gasteiger partial charge in [-0.25, -0.2) is 0 Å². The van der Waals surface area contributed by atoms with Gasteiger partial charge in [0.25, 0.3) is 0 Å². The molecule has 3 heteroatoms. The van der Waals surface area contributed by atoms with Crippen LogP contribution in [0.2, 0.25) is 0 Å². The minimum absolute atomic E-state index is 0.0876. The van der Waals surface area contributed by atoms with Gasteiger partial charge >= 0.3 is 0 Å². The lowest BCUT2D eigenvalue weighted by Crippen LogP contribution is -2.12. The minimum Gasteiger partial charge on any atom is -0.494 e. The molecule has 0 N–H and O–H groups in total. The van der Waals surface area contributed by atoms with Gasteiger partial charge in [-0.3, -0.25) is 4.79 Å². The van der Waals surface area contributed by atoms with E-state index in [1.165, 1.54) is 0 Å². The molecule has 0 spiro atoms. The highest BCUT2D eigenvalue weighted by Crippen LogP contribution is 2.17. The molecule has 0 amide bonds. The predicted octanol–water partition coefficient (Wildman–Crippen LogP) is 3.44. The quantitative estimate of drug-likeness (QED) is 0.605. The Balaban J connectivity index is 2.75. The van der Waals surface area contributed by atoms with Crippen molar-refractivity contribution >= 4 is 21.7 Å². The van der Waals surface area contributed by atoms with Gasteiger partial charge in [-0.05, 0) is 37.6 Å². The molecule has 1 aromatic rings. The number of ketones is 1. The maximum Gasteiger partial charge on any atom is 0.176 e. The third-order valence-corrected chi connectivity index (χ3v) is 3.16. The van der Waals surface area contributed by atoms with Gasteiger partial charge in [0.15, 0.2) is 5.78 Å². The van der Waals surface area contributed by atoms with E-state index in [-0.39, 0.29) is 10.6 Å². The second kappa shape index (κ2) is 5.91. The smallest absolute Gasteiger partial charge is 0.176 e. The summed E-state index contributed by atoms with van der Waals surface area (Å²) in [5.74, 6) is 0.928. The highest BCUT2D eigenvalue weighted by Gasteiger charge is 2.14. The Kier molecular flexibility index (Phi) is 4.82. The topological polar surface area (TPSA) is 26.3 Å². The van der Waals surface area contributed by atoms with Crippen molar-refractivity contribution in [3.63, 3.8) is 0 Å². The van der Waals surface area contributed by atoms with E-state index in [4.69, 9.17) is 4.74 Å². The largest absolute Gasteiger partial charge is 0.494 e. The van der Waals surface area contributed by atoms with Crippen molar-refractivity contribution in [1.82, 2.24) is 0 Å². The lowest BCUT2D eigenvalue weighted by atomic mass is 10.1. The Morgan fingerprint density at radius 2 is 1.93 bits per heavy atom. The third kappa shape index (κ3) is 3.34. The van der Waals surface area contributed by atoms with Gasteiger partial charge in [-0.1, -0.05) is 22.9 Å². The van der Waals surface area contributed by atoms with E-state index in [1.807, 2.05) is 26.0 Å². The average Bonchev–Trinajstić information content (AvgIpc) is 2.28. The molecule has 0 saturated heterocycles. The van der Waals surface area contributed by atoms with Crippen molar-refractivity contribution in [3.05, 3.63) is 29.8 Å². The van der Waals surface area contributed by atoms with E-state index in [9.17, 15) is 4.79 Å². The number of carbonyl (C=O) groups excluding carboxylic acids is 1. The first kappa shape index (κ1) is 12.2. The van der Waals surface area contributed by atoms with Crippen LogP contribution < -0.4 is 4.74 Å². The minimum atomic E-state index is -0.0876. The Morgan fingerprint density at radius 1 is 1.33 bits per heavy atom. The summed E-state index contributed by atoms with van der Waals surface area (Å²) in [6.07, 6.45) is 0.798. The summed E-state index contributed by atoms with van der Waals surface area (Å²) in [5, 5.41) is 0. The molecule has 1 rings (SSSR count). The van der Waals surface area contributed by atoms with Crippen LogP contribution in [0, 0.1) is 0 Å². The Hall–Kier alpha value is -0.830. The van der Waals surface area contributed by atoms with Crippen LogP contribution in [0.1, 0.15) is 30.6 Å². The van der Waals surface area contributed by atoms with Crippen molar-refractivity contribution in [3.8, 4) is 5.75 Å². The Labute approximate surface area is 98.8 Å². The molecular formula is C12H15BrO2. The standard InChI is InChI=1S/C12H15BrO2/c1-3-11(13)12(14)9-5-7-10(8-6-9)15-4-2/h5-8,11H,3-4H2,1-2H3. The predicted molar refractivity (Wildman–Crippen MR) is 64.9 cm³/mol. The highest BCUT2D eigenvalue weighted by atomic mass is 79.9. The van der Waals surface area contributed by atoms with Crippen molar-refractivity contribution < 1.29 is 9.53 Å². The van der Waals surface area contributed by atoms with Gasteiger partial charge < -0.3 is 4.74 Å². The number of carbonyl (C=O) groups is 1. The van der Waals surface area contributed by atoms with Gasteiger partial charge in [0.05, 0.1) is 11.4 Å². The summed E-state index contributed by atoms with van der Waals surface area (Å²) in [6, 6.07) is 7.26. The monoisotopic (exact) mass is 270 g/mol. The molecule has 2 nitrogen and oxygen atoms in total. The number of rotatable bonds is 5. The Morgan fingerprint density at radius 3 is 2.40 bits per heavy atom. The van der Waals surface area contributed by atoms with Gasteiger partial charge in [-0.15, -0.1) is 0 Å². The highest BCUT2D eigenvalue weighted by molar-refractivity contribution is 9.10. The first-order valence-corrected chi connectivity index (χ1v) is 6.01. The van der Waals surface area contributed by atoms with Gasteiger partial charge in [0, 0.05) is 5.56 Å². The van der Waals surface area contributed by atoms with E-state index >= 15 is 0 Å². The van der Waals surface area contributed by atoms with Crippen LogP contribution in [-0.4, -0.2) is 17.2 Å². The molecule has 1 aromatic carbocycles. The fraction of sp³-hybridized carbons (Fsp3) is 0.417. The third-order valence-electron chi connectivity index (χ3n) is 2.09. The van der Waals surface area contributed by atoms with E-state index in [0.717, 1.165) is 17.7 Å². The van der Waals surface area contributed by atoms with Crippen LogP contribution in [-0.2, 0) is 0 Å². The maximum absolute atomic E-state index is 11.8. The summed E-state index contributed by atoms with van der Waals surface area (Å²) in [4.78, 5) is 11.7. The molecule has 0 aliphatic rings. The SMILES string of the molecule is CCOc1ccc(C(=O)C(Br)CC)cc1. The zero-order chi connectivity index (χ0) is 11.3. The number of ether oxygens (including phenoxy) is 1. The molecule has 0 aliphatic heterocycles. The number of Topliss-reactive ketones (excluding diaryl/α,β-unsaturated/α-hetero) is 1. The van der Waals surface area contributed by atoms with Crippen LogP contribution in [0.3, 0.4) is 0 Å². The van der Waals surface area contributed by atoms with E-state index in [2.05, 4.69) is 15.9 Å². The number of hydrogen-bond donors (Lipinski definition) is 0. The summed E-state index contributed by atoms with van der Waals surface area (Å²) in [7, 11) is 0. The van der Waals surface area contributed by atoms with Crippen LogP contribution in [0.4, 0.5) is 0 Å². The molecule has 0 fully saturated rings. The summed E-state index contributed by atoms with van der Waals surface area (Å²) >= 11 is 3.35. The molecule has 0 aromatic heterocycles. The lowest BCUT2D eigenvalue weighted by Gasteiger charge is -2.07. The number of alkyl halides is 1. The lowest BCUT2D eigenvalue weighted by molar-refractivity contribution is 0.0990. The molecule has 0 bridgehead atoms. The first-order chi connectivity index (χ1) is 7.19. The van der Waals surface area contributed by atoms with Gasteiger partial charge in [-0.2, -0.15) is 0 Å². The normalized spacial score (nSPS) is 12.2. The van der Waals surface area contributed by atoms with E-state index in [0.29, 0.717) is 6.61 Å². The fourth-order valence-corrected chi connectivity index (χ4v) is 1.51. The van der Waals surface area contributed by atoms with Crippen molar-refractivity contribution in [1.29, 1.82) is 0 Å². The van der Waals surface area contributed by atoms with Crippen LogP contribution >= 0.6 is 15.9 Å². The average molecular weight is 271 g/mol. The number of halogens is 1. The van der Waals surface area contributed by atoms with Crippen molar-refractivity contribution in [2.24, 2.45) is 0 Å². The first-order valence-electron chi connectivity index (χ1n) is 5.10. The van der Waals surface area contributed by atoms with Crippen molar-refractivity contribution in [2.45, 2.75) is 25.1 Å². The van der Waals surface area contributed by atoms with Gasteiger partial charge in [0.2, 0.25) is 0 Å². The van der Waals surface area contributed by atoms with Crippen LogP contribution in [0.15, 0.2) is 24.3 Å². The van der Waals surface area contributed by atoms with E-state index < -0.39 is 0 Å². The van der Waals surface area contributed by atoms with E-state index in [1.54, 1.807) is 12.1 Å². The molecule has 82 valence electrons. The molecule has 1 atom stereocenters. The zero-order valence-electron chi connectivity index (χ0n) is 9.00. The summed E-state index contributed by atoms with van der Waals surface area (Å²) < 4.78 is 5.30. The van der Waals surface area contributed by atoms with Crippen LogP contribution in [0.5, 0.6) is 5.75 Å². The van der Waals surface area contributed by atoms with Crippen molar-refractivity contribution in [2.75, 3.05) is 6.61 Å². The molecule has 0 saturated carbocycles. The fourth-order valence-electron chi connectivity index (χ4n) is 1.25. The number of benzene rings is 1. The molecule has 1 unspecified atom stereocenters. The summed E-state index contributed by atoms with van der Waals surface area (Å²) in [5.41, 5.74) is 0.724. The second-order valence-corrected chi connectivity index (χ2v) is 4.30.